The van der Waals surface area contributed by atoms with Crippen LogP contribution in [0.3, 0.4) is 0 Å². The largest absolute Gasteiger partial charge is 0.358 e. The summed E-state index contributed by atoms with van der Waals surface area (Å²) in [5.74, 6) is 0.461. The number of fused-ring (bicyclic) bond motifs is 2. The van der Waals surface area contributed by atoms with Gasteiger partial charge in [-0.25, -0.2) is 0 Å². The Kier molecular flexibility index (Phi) is 2.08. The molecular formula is C13H12ClNO. The van der Waals surface area contributed by atoms with Crippen LogP contribution >= 0.6 is 11.6 Å². The molecule has 2 aromatic rings. The second kappa shape index (κ2) is 3.36. The molecule has 1 N–H and O–H groups in total. The highest BCUT2D eigenvalue weighted by molar-refractivity contribution is 6.31. The predicted octanol–water partition coefficient (Wildman–Crippen LogP) is 3.23. The van der Waals surface area contributed by atoms with Gasteiger partial charge in [0.05, 0.1) is 0 Å². The van der Waals surface area contributed by atoms with Gasteiger partial charge in [0.1, 0.15) is 0 Å². The fourth-order valence-corrected chi connectivity index (χ4v) is 2.66. The van der Waals surface area contributed by atoms with E-state index in [1.54, 1.807) is 6.07 Å². The SMILES string of the molecule is C[C@H]1CCc2c1[nH]c1ccc(Cl)cc1c2=O. The van der Waals surface area contributed by atoms with Crippen molar-refractivity contribution in [2.24, 2.45) is 0 Å². The Labute approximate surface area is 98.3 Å². The highest BCUT2D eigenvalue weighted by Crippen LogP contribution is 2.30. The van der Waals surface area contributed by atoms with Gasteiger partial charge in [0.2, 0.25) is 0 Å². The summed E-state index contributed by atoms with van der Waals surface area (Å²) in [5.41, 5.74) is 3.10. The second-order valence-corrected chi connectivity index (χ2v) is 4.91. The first-order valence-corrected chi connectivity index (χ1v) is 5.89. The van der Waals surface area contributed by atoms with Gasteiger partial charge in [-0.3, -0.25) is 4.79 Å². The van der Waals surface area contributed by atoms with Crippen molar-refractivity contribution >= 4 is 22.5 Å². The summed E-state index contributed by atoms with van der Waals surface area (Å²) < 4.78 is 0. The van der Waals surface area contributed by atoms with Crippen molar-refractivity contribution in [1.82, 2.24) is 4.98 Å². The monoisotopic (exact) mass is 233 g/mol. The number of halogens is 1. The minimum Gasteiger partial charge on any atom is -0.358 e. The molecule has 0 amide bonds. The fourth-order valence-electron chi connectivity index (χ4n) is 2.49. The van der Waals surface area contributed by atoms with Crippen molar-refractivity contribution < 1.29 is 0 Å². The van der Waals surface area contributed by atoms with Gasteiger partial charge in [0, 0.05) is 27.2 Å². The van der Waals surface area contributed by atoms with Gasteiger partial charge in [-0.05, 0) is 37.0 Å². The molecule has 1 aliphatic carbocycles. The number of rotatable bonds is 0. The van der Waals surface area contributed by atoms with Crippen molar-refractivity contribution in [2.45, 2.75) is 25.7 Å². The maximum absolute atomic E-state index is 12.2. The van der Waals surface area contributed by atoms with Crippen LogP contribution < -0.4 is 5.43 Å². The van der Waals surface area contributed by atoms with Crippen molar-refractivity contribution in [1.29, 1.82) is 0 Å². The Balaban J connectivity index is 2.44. The molecule has 0 saturated carbocycles. The summed E-state index contributed by atoms with van der Waals surface area (Å²) in [4.78, 5) is 15.6. The molecule has 0 radical (unpaired) electrons. The number of aromatic nitrogens is 1. The standard InChI is InChI=1S/C13H12ClNO/c1-7-2-4-9-12(7)15-11-5-3-8(14)6-10(11)13(9)16/h3,5-7H,2,4H2,1H3,(H,15,16)/t7-/m0/s1. The third kappa shape index (κ3) is 1.30. The zero-order valence-corrected chi connectivity index (χ0v) is 9.77. The van der Waals surface area contributed by atoms with Crippen LogP contribution in [0.4, 0.5) is 0 Å². The lowest BCUT2D eigenvalue weighted by Gasteiger charge is -2.07. The Hall–Kier alpha value is -1.28. The Morgan fingerprint density at radius 1 is 1.44 bits per heavy atom. The molecule has 16 heavy (non-hydrogen) atoms. The Morgan fingerprint density at radius 3 is 3.06 bits per heavy atom. The van der Waals surface area contributed by atoms with Crippen LogP contribution in [0.5, 0.6) is 0 Å². The molecule has 3 rings (SSSR count). The van der Waals surface area contributed by atoms with Gasteiger partial charge >= 0.3 is 0 Å². The molecule has 0 spiro atoms. The molecule has 1 aromatic heterocycles. The molecular weight excluding hydrogens is 222 g/mol. The molecule has 0 unspecified atom stereocenters. The first kappa shape index (κ1) is 9.91. The maximum atomic E-state index is 12.2. The molecule has 1 atom stereocenters. The second-order valence-electron chi connectivity index (χ2n) is 4.48. The van der Waals surface area contributed by atoms with Crippen molar-refractivity contribution in [2.75, 3.05) is 0 Å². The van der Waals surface area contributed by atoms with Crippen molar-refractivity contribution in [3.8, 4) is 0 Å². The summed E-state index contributed by atoms with van der Waals surface area (Å²) in [6.45, 7) is 2.16. The molecule has 1 heterocycles. The minimum absolute atomic E-state index is 0.149. The van der Waals surface area contributed by atoms with E-state index in [1.165, 1.54) is 0 Å². The van der Waals surface area contributed by atoms with Crippen LogP contribution in [-0.2, 0) is 6.42 Å². The normalized spacial score (nSPS) is 19.0. The molecule has 2 nitrogen and oxygen atoms in total. The number of benzene rings is 1. The van der Waals surface area contributed by atoms with E-state index in [2.05, 4.69) is 11.9 Å². The first-order valence-electron chi connectivity index (χ1n) is 5.51. The number of hydrogen-bond donors (Lipinski definition) is 1. The van der Waals surface area contributed by atoms with E-state index in [4.69, 9.17) is 11.6 Å². The topological polar surface area (TPSA) is 32.9 Å². The Morgan fingerprint density at radius 2 is 2.25 bits per heavy atom. The first-order chi connectivity index (χ1) is 7.66. The molecule has 0 bridgehead atoms. The van der Waals surface area contributed by atoms with E-state index in [-0.39, 0.29) is 5.43 Å². The number of H-pyrrole nitrogens is 1. The van der Waals surface area contributed by atoms with Gasteiger partial charge < -0.3 is 4.98 Å². The lowest BCUT2D eigenvalue weighted by molar-refractivity contribution is 0.733. The van der Waals surface area contributed by atoms with Gasteiger partial charge in [-0.15, -0.1) is 0 Å². The van der Waals surface area contributed by atoms with Crippen LogP contribution in [-0.4, -0.2) is 4.98 Å². The highest BCUT2D eigenvalue weighted by Gasteiger charge is 2.23. The number of aromatic amines is 1. The van der Waals surface area contributed by atoms with Crippen LogP contribution in [0.15, 0.2) is 23.0 Å². The summed E-state index contributed by atoms with van der Waals surface area (Å²) in [6.07, 6.45) is 1.94. The van der Waals surface area contributed by atoms with Crippen molar-refractivity contribution in [3.63, 3.8) is 0 Å². The number of hydrogen-bond acceptors (Lipinski definition) is 1. The van der Waals surface area contributed by atoms with Crippen LogP contribution in [0.2, 0.25) is 5.02 Å². The minimum atomic E-state index is 0.149. The van der Waals surface area contributed by atoms with Gasteiger partial charge in [-0.2, -0.15) is 0 Å². The molecule has 3 heteroatoms. The predicted molar refractivity (Wildman–Crippen MR) is 66.3 cm³/mol. The summed E-state index contributed by atoms with van der Waals surface area (Å²) >= 11 is 5.92. The molecule has 1 aliphatic rings. The summed E-state index contributed by atoms with van der Waals surface area (Å²) in [7, 11) is 0. The van der Waals surface area contributed by atoms with Crippen LogP contribution in [0.25, 0.3) is 10.9 Å². The average molecular weight is 234 g/mol. The highest BCUT2D eigenvalue weighted by atomic mass is 35.5. The molecule has 1 aromatic carbocycles. The van der Waals surface area contributed by atoms with E-state index in [0.717, 1.165) is 29.6 Å². The van der Waals surface area contributed by atoms with E-state index in [0.29, 0.717) is 16.3 Å². The van der Waals surface area contributed by atoms with Crippen molar-refractivity contribution in [3.05, 3.63) is 44.7 Å². The third-order valence-electron chi connectivity index (χ3n) is 3.41. The zero-order valence-electron chi connectivity index (χ0n) is 9.01. The van der Waals surface area contributed by atoms with Gasteiger partial charge in [0.25, 0.3) is 0 Å². The smallest absolute Gasteiger partial charge is 0.192 e. The molecule has 0 fully saturated rings. The lowest BCUT2D eigenvalue weighted by atomic mass is 10.1. The average Bonchev–Trinajstić information content (AvgIpc) is 2.63. The van der Waals surface area contributed by atoms with Crippen LogP contribution in [0, 0.1) is 0 Å². The number of pyridine rings is 1. The zero-order chi connectivity index (χ0) is 11.3. The molecule has 0 saturated heterocycles. The maximum Gasteiger partial charge on any atom is 0.192 e. The summed E-state index contributed by atoms with van der Waals surface area (Å²) in [5, 5.41) is 1.32. The number of nitrogens with one attached hydrogen (secondary N) is 1. The van der Waals surface area contributed by atoms with E-state index >= 15 is 0 Å². The Bertz CT molecular complexity index is 630. The van der Waals surface area contributed by atoms with E-state index in [1.807, 2.05) is 12.1 Å². The van der Waals surface area contributed by atoms with Gasteiger partial charge in [0.15, 0.2) is 5.43 Å². The molecule has 82 valence electrons. The fraction of sp³-hybridized carbons (Fsp3) is 0.308. The third-order valence-corrected chi connectivity index (χ3v) is 3.65. The summed E-state index contributed by atoms with van der Waals surface area (Å²) in [6, 6.07) is 5.44. The van der Waals surface area contributed by atoms with Crippen LogP contribution in [0.1, 0.15) is 30.5 Å². The van der Waals surface area contributed by atoms with Gasteiger partial charge in [-0.1, -0.05) is 18.5 Å². The quantitative estimate of drug-likeness (QED) is 0.745. The lowest BCUT2D eigenvalue weighted by Crippen LogP contribution is -2.10. The van der Waals surface area contributed by atoms with E-state index < -0.39 is 0 Å². The molecule has 0 aliphatic heterocycles. The van der Waals surface area contributed by atoms with E-state index in [9.17, 15) is 4.79 Å².